The molecule has 11 rings (SSSR count). The van der Waals surface area contributed by atoms with Crippen molar-refractivity contribution in [3.05, 3.63) is 221 Å². The lowest BCUT2D eigenvalue weighted by Gasteiger charge is -2.40. The number of nitrogens with zero attached hydrogens (tertiary/aromatic N) is 2. The van der Waals surface area contributed by atoms with E-state index < -0.39 is 5.41 Å². The van der Waals surface area contributed by atoms with Crippen LogP contribution in [0.2, 0.25) is 0 Å². The molecule has 7 aromatic carbocycles. The molecule has 3 nitrogen and oxygen atoms in total. The molecule has 0 amide bonds. The van der Waals surface area contributed by atoms with Gasteiger partial charge in [-0.2, -0.15) is 0 Å². The molecular weight excluding hydrogens is 669 g/mol. The predicted molar refractivity (Wildman–Crippen MR) is 223 cm³/mol. The summed E-state index contributed by atoms with van der Waals surface area (Å²) < 4.78 is 6.72. The molecule has 1 unspecified atom stereocenters. The Labute approximate surface area is 321 Å². The maximum absolute atomic E-state index is 6.72. The quantitative estimate of drug-likeness (QED) is 0.183. The van der Waals surface area contributed by atoms with Gasteiger partial charge in [0.25, 0.3) is 0 Å². The Bertz CT molecular complexity index is 2860. The molecule has 3 heteroatoms. The zero-order valence-electron chi connectivity index (χ0n) is 30.4. The highest BCUT2D eigenvalue weighted by Crippen LogP contribution is 2.62. The molecule has 1 spiro atoms. The molecule has 0 radical (unpaired) electrons. The molecule has 3 aliphatic rings. The molecule has 2 heterocycles. The van der Waals surface area contributed by atoms with E-state index in [4.69, 9.17) is 14.7 Å². The minimum absolute atomic E-state index is 0.233. The summed E-state index contributed by atoms with van der Waals surface area (Å²) >= 11 is 0. The highest BCUT2D eigenvalue weighted by atomic mass is 16.5. The summed E-state index contributed by atoms with van der Waals surface area (Å²) in [5.74, 6) is 2.55. The Morgan fingerprint density at radius 2 is 1.15 bits per heavy atom. The first-order valence-electron chi connectivity index (χ1n) is 19.0. The van der Waals surface area contributed by atoms with Crippen LogP contribution in [-0.2, 0) is 10.8 Å². The van der Waals surface area contributed by atoms with Crippen LogP contribution < -0.4 is 4.74 Å². The maximum atomic E-state index is 6.72. The van der Waals surface area contributed by atoms with E-state index in [0.29, 0.717) is 0 Å². The number of benzene rings is 7. The number of rotatable bonds is 4. The van der Waals surface area contributed by atoms with Gasteiger partial charge in [-0.15, -0.1) is 0 Å². The average molecular weight is 705 g/mol. The van der Waals surface area contributed by atoms with E-state index in [1.807, 2.05) is 12.1 Å². The van der Waals surface area contributed by atoms with Crippen molar-refractivity contribution in [1.82, 2.24) is 9.97 Å². The van der Waals surface area contributed by atoms with Gasteiger partial charge in [-0.3, -0.25) is 0 Å². The fourth-order valence-corrected chi connectivity index (χ4v) is 9.30. The molecule has 1 atom stereocenters. The third-order valence-corrected chi connectivity index (χ3v) is 12.0. The third-order valence-electron chi connectivity index (χ3n) is 12.0. The van der Waals surface area contributed by atoms with Crippen LogP contribution in [0.15, 0.2) is 188 Å². The van der Waals surface area contributed by atoms with Gasteiger partial charge in [0.15, 0.2) is 5.82 Å². The van der Waals surface area contributed by atoms with Gasteiger partial charge in [0.05, 0.1) is 16.6 Å². The fraction of sp³-hybridized carbons (Fsp3) is 0.0769. The first kappa shape index (κ1) is 31.7. The summed E-state index contributed by atoms with van der Waals surface area (Å²) in [4.78, 5) is 10.3. The van der Waals surface area contributed by atoms with Crippen molar-refractivity contribution in [2.45, 2.75) is 24.2 Å². The van der Waals surface area contributed by atoms with Crippen LogP contribution in [0.1, 0.15) is 46.7 Å². The van der Waals surface area contributed by atoms with Crippen LogP contribution in [0.5, 0.6) is 11.5 Å². The zero-order chi connectivity index (χ0) is 36.6. The Balaban J connectivity index is 1.01. The van der Waals surface area contributed by atoms with Crippen molar-refractivity contribution >= 4 is 16.5 Å². The van der Waals surface area contributed by atoms with E-state index in [0.717, 1.165) is 57.0 Å². The van der Waals surface area contributed by atoms with Crippen LogP contribution >= 0.6 is 0 Å². The second kappa shape index (κ2) is 12.1. The van der Waals surface area contributed by atoms with Crippen molar-refractivity contribution in [2.75, 3.05) is 0 Å². The van der Waals surface area contributed by atoms with E-state index in [-0.39, 0.29) is 5.41 Å². The number of para-hydroxylation sites is 2. The molecular formula is C52H36N2O. The van der Waals surface area contributed by atoms with Gasteiger partial charge in [-0.1, -0.05) is 171 Å². The minimum Gasteiger partial charge on any atom is -0.457 e. The van der Waals surface area contributed by atoms with Crippen LogP contribution in [0.3, 0.4) is 0 Å². The summed E-state index contributed by atoms with van der Waals surface area (Å²) in [5, 5.41) is 1.05. The molecule has 260 valence electrons. The first-order valence-corrected chi connectivity index (χ1v) is 19.0. The monoisotopic (exact) mass is 704 g/mol. The second-order valence-electron chi connectivity index (χ2n) is 15.1. The van der Waals surface area contributed by atoms with Gasteiger partial charge in [0.2, 0.25) is 0 Å². The standard InChI is InChI=1S/C52H36N2O/c1-51(31-29-34(30-32-51)37-17-5-6-20-40(37)50-53-46-25-13-9-21-41(46)49(54-50)35-15-3-2-4-16-35)36-27-28-48-45(33-36)52(44-24-12-14-26-47(44)55-48)42-22-10-7-18-38(42)39-19-8-11-23-43(39)52/h2-31,33H,32H2,1H3. The number of hydrogen-bond acceptors (Lipinski definition) is 3. The zero-order valence-corrected chi connectivity index (χ0v) is 30.4. The number of fused-ring (bicyclic) bond motifs is 10. The Morgan fingerprint density at radius 3 is 1.89 bits per heavy atom. The van der Waals surface area contributed by atoms with E-state index >= 15 is 0 Å². The SMILES string of the molecule is CC1(c2ccc3c(c2)C2(c4ccccc4O3)c3ccccc3-c3ccccc32)C=CC(c2ccccc2-c2nc(-c3ccccc3)c3ccccc3n2)=CC1. The van der Waals surface area contributed by atoms with Gasteiger partial charge in [0.1, 0.15) is 11.5 Å². The fourth-order valence-electron chi connectivity index (χ4n) is 9.30. The van der Waals surface area contributed by atoms with Gasteiger partial charge in [-0.25, -0.2) is 9.97 Å². The van der Waals surface area contributed by atoms with E-state index in [2.05, 4.69) is 183 Å². The Kier molecular flexibility index (Phi) is 6.96. The van der Waals surface area contributed by atoms with E-state index in [9.17, 15) is 0 Å². The molecule has 1 aromatic heterocycles. The molecule has 0 bridgehead atoms. The van der Waals surface area contributed by atoms with Crippen molar-refractivity contribution in [3.8, 4) is 45.3 Å². The molecule has 0 saturated carbocycles. The van der Waals surface area contributed by atoms with Gasteiger partial charge in [0, 0.05) is 33.1 Å². The highest BCUT2D eigenvalue weighted by molar-refractivity contribution is 5.95. The lowest BCUT2D eigenvalue weighted by atomic mass is 9.64. The number of allylic oxidation sites excluding steroid dienone is 4. The topological polar surface area (TPSA) is 35.0 Å². The van der Waals surface area contributed by atoms with Crippen molar-refractivity contribution < 1.29 is 4.74 Å². The van der Waals surface area contributed by atoms with Gasteiger partial charge >= 0.3 is 0 Å². The van der Waals surface area contributed by atoms with Crippen molar-refractivity contribution in [3.63, 3.8) is 0 Å². The largest absolute Gasteiger partial charge is 0.457 e. The molecule has 0 fully saturated rings. The molecule has 0 saturated heterocycles. The number of ether oxygens (including phenoxy) is 1. The predicted octanol–water partition coefficient (Wildman–Crippen LogP) is 12.7. The van der Waals surface area contributed by atoms with Crippen molar-refractivity contribution in [1.29, 1.82) is 0 Å². The van der Waals surface area contributed by atoms with E-state index in [1.165, 1.54) is 44.5 Å². The lowest BCUT2D eigenvalue weighted by Crippen LogP contribution is -2.33. The number of hydrogen-bond donors (Lipinski definition) is 0. The molecule has 55 heavy (non-hydrogen) atoms. The second-order valence-corrected chi connectivity index (χ2v) is 15.1. The summed E-state index contributed by atoms with van der Waals surface area (Å²) in [6.45, 7) is 2.35. The lowest BCUT2D eigenvalue weighted by molar-refractivity contribution is 0.435. The number of aromatic nitrogens is 2. The van der Waals surface area contributed by atoms with Gasteiger partial charge in [-0.05, 0) is 69.6 Å². The van der Waals surface area contributed by atoms with Crippen LogP contribution in [0.25, 0.3) is 50.2 Å². The Hall–Kier alpha value is -6.84. The Morgan fingerprint density at radius 1 is 0.527 bits per heavy atom. The van der Waals surface area contributed by atoms with E-state index in [1.54, 1.807) is 0 Å². The molecule has 0 N–H and O–H groups in total. The minimum atomic E-state index is -0.486. The van der Waals surface area contributed by atoms with Gasteiger partial charge < -0.3 is 4.74 Å². The molecule has 1 aliphatic heterocycles. The molecule has 2 aliphatic carbocycles. The summed E-state index contributed by atoms with van der Waals surface area (Å²) in [6.07, 6.45) is 7.91. The highest BCUT2D eigenvalue weighted by Gasteiger charge is 2.51. The summed E-state index contributed by atoms with van der Waals surface area (Å²) in [5.41, 5.74) is 14.4. The van der Waals surface area contributed by atoms with Crippen LogP contribution in [-0.4, -0.2) is 9.97 Å². The third kappa shape index (κ3) is 4.69. The average Bonchev–Trinajstić information content (AvgIpc) is 3.54. The van der Waals surface area contributed by atoms with Crippen LogP contribution in [0.4, 0.5) is 0 Å². The normalized spacial score (nSPS) is 17.1. The van der Waals surface area contributed by atoms with Crippen LogP contribution in [0, 0.1) is 0 Å². The smallest absolute Gasteiger partial charge is 0.161 e. The maximum Gasteiger partial charge on any atom is 0.161 e. The summed E-state index contributed by atoms with van der Waals surface area (Å²) in [6, 6.07) is 60.5. The summed E-state index contributed by atoms with van der Waals surface area (Å²) in [7, 11) is 0. The van der Waals surface area contributed by atoms with Crippen molar-refractivity contribution in [2.24, 2.45) is 0 Å². The molecule has 8 aromatic rings. The first-order chi connectivity index (χ1) is 27.1.